The predicted molar refractivity (Wildman–Crippen MR) is 156 cm³/mol. The van der Waals surface area contributed by atoms with Gasteiger partial charge in [0.05, 0.1) is 34.3 Å². The number of alkyl halides is 2. The maximum atomic E-state index is 14.9. The van der Waals surface area contributed by atoms with E-state index in [2.05, 4.69) is 21.3 Å². The van der Waals surface area contributed by atoms with Crippen LogP contribution in [0.1, 0.15) is 43.7 Å². The van der Waals surface area contributed by atoms with Crippen LogP contribution in [-0.2, 0) is 4.79 Å². The quantitative estimate of drug-likeness (QED) is 0.298. The number of aromatic nitrogens is 2. The molecule has 42 heavy (non-hydrogen) atoms. The molecule has 0 bridgehead atoms. The van der Waals surface area contributed by atoms with Crippen molar-refractivity contribution in [3.63, 3.8) is 0 Å². The van der Waals surface area contributed by atoms with Crippen molar-refractivity contribution in [2.75, 3.05) is 29.5 Å². The normalized spacial score (nSPS) is 24.8. The minimum atomic E-state index is -3.00. The van der Waals surface area contributed by atoms with Gasteiger partial charge in [-0.25, -0.2) is 18.2 Å². The number of hydrogen-bond donors (Lipinski definition) is 3. The second kappa shape index (κ2) is 10.8. The van der Waals surface area contributed by atoms with E-state index in [1.54, 1.807) is 0 Å². The number of thiazole rings is 1. The number of pyridine rings is 1. The molecular formula is C29H30F3N5O3S2. The number of carbonyl (C=O) groups excluding carboxylic acids is 1. The molecule has 3 heterocycles. The number of anilines is 1. The molecule has 0 unspecified atom stereocenters. The Morgan fingerprint density at radius 3 is 2.48 bits per heavy atom. The molecule has 0 radical (unpaired) electrons. The second-order valence-corrected chi connectivity index (χ2v) is 14.8. The van der Waals surface area contributed by atoms with Crippen LogP contribution in [0, 0.1) is 23.1 Å². The summed E-state index contributed by atoms with van der Waals surface area (Å²) in [5.74, 6) is -5.10. The Balaban J connectivity index is 1.38. The van der Waals surface area contributed by atoms with Crippen LogP contribution >= 0.6 is 21.9 Å². The lowest BCUT2D eigenvalue weighted by atomic mass is 9.74. The summed E-state index contributed by atoms with van der Waals surface area (Å²) in [6.07, 6.45) is 2.54. The molecule has 1 saturated heterocycles. The van der Waals surface area contributed by atoms with E-state index in [0.717, 1.165) is 11.9 Å². The smallest absolute Gasteiger partial charge is 0.248 e. The molecule has 3 fully saturated rings. The van der Waals surface area contributed by atoms with Crippen molar-refractivity contribution >= 4 is 33.5 Å². The van der Waals surface area contributed by atoms with Crippen LogP contribution in [0.3, 0.4) is 0 Å². The van der Waals surface area contributed by atoms with Crippen molar-refractivity contribution in [3.05, 3.63) is 54.2 Å². The maximum Gasteiger partial charge on any atom is 0.248 e. The van der Waals surface area contributed by atoms with Crippen LogP contribution < -0.4 is 10.2 Å². The van der Waals surface area contributed by atoms with Gasteiger partial charge in [0.1, 0.15) is 16.4 Å². The topological polar surface area (TPSA) is 122 Å². The number of amides is 1. The average molecular weight is 618 g/mol. The van der Waals surface area contributed by atoms with Gasteiger partial charge in [0.2, 0.25) is 11.8 Å². The molecule has 2 saturated carbocycles. The third kappa shape index (κ3) is 5.99. The van der Waals surface area contributed by atoms with Gasteiger partial charge in [0.25, 0.3) is 0 Å². The Bertz CT molecular complexity index is 1530. The fourth-order valence-electron chi connectivity index (χ4n) is 5.70. The SMILES string of the molecule is N#CC1(NC(=O)[C@@H]2CCC(F)(F)C[C@H]2c2nc(-c3cncc(F)c3)sc2-c2ccc(N3CCS(O)(O)CC3)cc2)CC1. The highest BCUT2D eigenvalue weighted by Crippen LogP contribution is 2.50. The van der Waals surface area contributed by atoms with Crippen LogP contribution in [0.15, 0.2) is 42.7 Å². The van der Waals surface area contributed by atoms with Crippen LogP contribution in [0.25, 0.3) is 21.0 Å². The summed E-state index contributed by atoms with van der Waals surface area (Å²) in [5.41, 5.74) is 1.43. The van der Waals surface area contributed by atoms with Gasteiger partial charge >= 0.3 is 0 Å². The highest BCUT2D eigenvalue weighted by atomic mass is 32.3. The maximum absolute atomic E-state index is 14.9. The zero-order valence-electron chi connectivity index (χ0n) is 22.6. The number of benzene rings is 1. The van der Waals surface area contributed by atoms with E-state index < -0.39 is 58.5 Å². The van der Waals surface area contributed by atoms with Gasteiger partial charge in [-0.2, -0.15) is 15.9 Å². The molecule has 2 aromatic heterocycles. The van der Waals surface area contributed by atoms with Crippen molar-refractivity contribution < 1.29 is 27.1 Å². The number of hydrogen-bond acceptors (Lipinski definition) is 8. The molecule has 1 amide bonds. The molecule has 6 rings (SSSR count). The van der Waals surface area contributed by atoms with E-state index in [1.165, 1.54) is 23.6 Å². The molecule has 13 heteroatoms. The van der Waals surface area contributed by atoms with Crippen molar-refractivity contribution in [2.45, 2.75) is 49.5 Å². The lowest BCUT2D eigenvalue weighted by molar-refractivity contribution is -0.131. The minimum Gasteiger partial charge on any atom is -0.368 e. The standard InChI is InChI=1S/C29H30F3N5O3S2/c30-20-13-19(15-34-16-20)27-35-24(23-14-29(31,32)6-5-22(23)26(38)36-28(17-33)7-8-28)25(41-27)18-1-3-21(4-2-18)37-9-11-42(39,40)12-10-37/h1-4,13,15-16,22-23,39-40H,5-12,14H2,(H,36,38)/t22-,23-/m1/s1. The summed E-state index contributed by atoms with van der Waals surface area (Å²) in [7, 11) is -2.54. The summed E-state index contributed by atoms with van der Waals surface area (Å²) in [6, 6.07) is 10.9. The molecule has 3 N–H and O–H groups in total. The lowest BCUT2D eigenvalue weighted by Crippen LogP contribution is -2.45. The summed E-state index contributed by atoms with van der Waals surface area (Å²) < 4.78 is 63.8. The average Bonchev–Trinajstić information content (AvgIpc) is 3.58. The van der Waals surface area contributed by atoms with E-state index in [1.807, 2.05) is 24.3 Å². The van der Waals surface area contributed by atoms with Gasteiger partial charge < -0.3 is 10.2 Å². The Kier molecular flexibility index (Phi) is 7.45. The lowest BCUT2D eigenvalue weighted by Gasteiger charge is -2.41. The molecule has 3 aliphatic rings. The van der Waals surface area contributed by atoms with Crippen LogP contribution in [0.5, 0.6) is 0 Å². The molecule has 1 aromatic carbocycles. The van der Waals surface area contributed by atoms with Gasteiger partial charge in [-0.3, -0.25) is 18.9 Å². The van der Waals surface area contributed by atoms with Crippen molar-refractivity contribution in [1.82, 2.24) is 15.3 Å². The van der Waals surface area contributed by atoms with Crippen LogP contribution in [0.2, 0.25) is 0 Å². The number of halogens is 3. The summed E-state index contributed by atoms with van der Waals surface area (Å²) >= 11 is 1.23. The highest BCUT2D eigenvalue weighted by Gasteiger charge is 2.50. The molecule has 222 valence electrons. The van der Waals surface area contributed by atoms with Gasteiger partial charge in [0.15, 0.2) is 0 Å². The molecular weight excluding hydrogens is 587 g/mol. The van der Waals surface area contributed by atoms with E-state index in [0.29, 0.717) is 64.1 Å². The van der Waals surface area contributed by atoms with Crippen molar-refractivity contribution in [2.24, 2.45) is 5.92 Å². The third-order valence-corrected chi connectivity index (χ3v) is 11.2. The molecule has 3 aromatic rings. The monoisotopic (exact) mass is 617 g/mol. The van der Waals surface area contributed by atoms with Gasteiger partial charge in [-0.15, -0.1) is 11.3 Å². The van der Waals surface area contributed by atoms with Crippen LogP contribution in [0.4, 0.5) is 18.9 Å². The van der Waals surface area contributed by atoms with E-state index in [9.17, 15) is 32.3 Å². The number of rotatable bonds is 6. The first-order valence-electron chi connectivity index (χ1n) is 13.8. The molecule has 0 spiro atoms. The first-order chi connectivity index (χ1) is 20.0. The Morgan fingerprint density at radius 2 is 1.83 bits per heavy atom. The largest absolute Gasteiger partial charge is 0.368 e. The van der Waals surface area contributed by atoms with E-state index >= 15 is 0 Å². The molecule has 2 aliphatic carbocycles. The number of carbonyl (C=O) groups is 1. The zero-order chi connectivity index (χ0) is 29.7. The highest BCUT2D eigenvalue weighted by molar-refractivity contribution is 8.24. The van der Waals surface area contributed by atoms with Crippen molar-refractivity contribution in [1.29, 1.82) is 5.26 Å². The third-order valence-electron chi connectivity index (χ3n) is 8.32. The first kappa shape index (κ1) is 28.9. The summed E-state index contributed by atoms with van der Waals surface area (Å²) in [4.78, 5) is 24.7. The molecule has 2 atom stereocenters. The van der Waals surface area contributed by atoms with Gasteiger partial charge in [-0.1, -0.05) is 12.1 Å². The molecule has 1 aliphatic heterocycles. The summed E-state index contributed by atoms with van der Waals surface area (Å²) in [6.45, 7) is 1.00. The van der Waals surface area contributed by atoms with Gasteiger partial charge in [-0.05, 0) is 43.0 Å². The number of nitrogens with one attached hydrogen (secondary N) is 1. The Labute approximate surface area is 247 Å². The number of nitriles is 1. The van der Waals surface area contributed by atoms with E-state index in [-0.39, 0.29) is 6.42 Å². The zero-order valence-corrected chi connectivity index (χ0v) is 24.2. The second-order valence-electron chi connectivity index (χ2n) is 11.4. The predicted octanol–water partition coefficient (Wildman–Crippen LogP) is 6.27. The summed E-state index contributed by atoms with van der Waals surface area (Å²) in [5, 5.41) is 12.7. The van der Waals surface area contributed by atoms with Gasteiger partial charge in [0, 0.05) is 55.2 Å². The van der Waals surface area contributed by atoms with Crippen molar-refractivity contribution in [3.8, 4) is 27.1 Å². The fourth-order valence-corrected chi connectivity index (χ4v) is 8.06. The molecule has 8 nitrogen and oxygen atoms in total. The minimum absolute atomic E-state index is 0.0497. The van der Waals surface area contributed by atoms with E-state index in [4.69, 9.17) is 4.98 Å². The fraction of sp³-hybridized carbons (Fsp3) is 0.448. The first-order valence-corrected chi connectivity index (χ1v) is 16.5. The number of nitrogens with zero attached hydrogens (tertiary/aromatic N) is 4. The van der Waals surface area contributed by atoms with Crippen LogP contribution in [-0.4, -0.2) is 61.0 Å². The Morgan fingerprint density at radius 1 is 1.12 bits per heavy atom. The Hall–Kier alpha value is -3.18.